The third kappa shape index (κ3) is 4.85. The van der Waals surface area contributed by atoms with E-state index in [-0.39, 0.29) is 41.8 Å². The second-order valence-corrected chi connectivity index (χ2v) is 7.30. The van der Waals surface area contributed by atoms with Gasteiger partial charge in [0.2, 0.25) is 0 Å². The monoisotopic (exact) mass is 370 g/mol. The first-order chi connectivity index (χ1) is 13.1. The quantitative estimate of drug-likeness (QED) is 0.395. The summed E-state index contributed by atoms with van der Waals surface area (Å²) < 4.78 is 11.1. The molecular formula is C22H26O5. The van der Waals surface area contributed by atoms with E-state index in [0.717, 1.165) is 19.3 Å². The summed E-state index contributed by atoms with van der Waals surface area (Å²) in [6, 6.07) is 8.83. The summed E-state index contributed by atoms with van der Waals surface area (Å²) in [4.78, 5) is 36.2. The fraction of sp³-hybridized carbons (Fsp3) is 0.500. The lowest BCUT2D eigenvalue weighted by Gasteiger charge is -2.20. The number of esters is 2. The summed E-state index contributed by atoms with van der Waals surface area (Å²) >= 11 is 0. The number of unbranched alkanes of at least 4 members (excludes halogenated alkanes) is 2. The molecule has 1 aliphatic carbocycles. The van der Waals surface area contributed by atoms with Crippen LogP contribution in [0.15, 0.2) is 42.5 Å². The minimum atomic E-state index is -0.389. The second kappa shape index (κ2) is 8.98. The van der Waals surface area contributed by atoms with Gasteiger partial charge in [-0.3, -0.25) is 9.59 Å². The molecule has 0 aromatic heterocycles. The van der Waals surface area contributed by atoms with Gasteiger partial charge in [-0.25, -0.2) is 4.79 Å². The minimum absolute atomic E-state index is 0.0363. The molecule has 144 valence electrons. The van der Waals surface area contributed by atoms with E-state index in [1.807, 2.05) is 12.1 Å². The molecule has 0 amide bonds. The molecule has 0 N–H and O–H groups in total. The van der Waals surface area contributed by atoms with Gasteiger partial charge in [-0.05, 0) is 24.6 Å². The van der Waals surface area contributed by atoms with E-state index in [4.69, 9.17) is 9.47 Å². The molecule has 5 nitrogen and oxygen atoms in total. The van der Waals surface area contributed by atoms with Crippen molar-refractivity contribution >= 4 is 17.7 Å². The van der Waals surface area contributed by atoms with Crippen molar-refractivity contribution in [1.29, 1.82) is 0 Å². The lowest BCUT2D eigenvalue weighted by Crippen LogP contribution is -2.24. The van der Waals surface area contributed by atoms with E-state index in [9.17, 15) is 14.4 Å². The molecule has 1 heterocycles. The molecule has 5 heteroatoms. The number of hydrogen-bond acceptors (Lipinski definition) is 5. The number of fused-ring (bicyclic) bond motifs is 1. The van der Waals surface area contributed by atoms with Gasteiger partial charge in [-0.15, -0.1) is 0 Å². The molecule has 27 heavy (non-hydrogen) atoms. The van der Waals surface area contributed by atoms with Gasteiger partial charge in [0.05, 0.1) is 12.0 Å². The fourth-order valence-electron chi connectivity index (χ4n) is 3.92. The van der Waals surface area contributed by atoms with Gasteiger partial charge in [0.15, 0.2) is 5.78 Å². The van der Waals surface area contributed by atoms with Gasteiger partial charge >= 0.3 is 11.9 Å². The summed E-state index contributed by atoms with van der Waals surface area (Å²) in [5, 5.41) is 0. The smallest absolute Gasteiger partial charge is 0.338 e. The van der Waals surface area contributed by atoms with Gasteiger partial charge in [0.1, 0.15) is 12.2 Å². The third-order valence-electron chi connectivity index (χ3n) is 5.35. The van der Waals surface area contributed by atoms with Crippen molar-refractivity contribution in [2.75, 3.05) is 0 Å². The average molecular weight is 370 g/mol. The zero-order valence-corrected chi connectivity index (χ0v) is 15.6. The first kappa shape index (κ1) is 19.3. The van der Waals surface area contributed by atoms with Crippen LogP contribution in [0.4, 0.5) is 0 Å². The largest absolute Gasteiger partial charge is 0.462 e. The Balaban J connectivity index is 1.67. The van der Waals surface area contributed by atoms with Crippen LogP contribution >= 0.6 is 0 Å². The molecule has 1 aromatic rings. The van der Waals surface area contributed by atoms with Crippen LogP contribution in [0, 0.1) is 11.8 Å². The summed E-state index contributed by atoms with van der Waals surface area (Å²) in [5.74, 6) is -0.745. The second-order valence-electron chi connectivity index (χ2n) is 7.30. The van der Waals surface area contributed by atoms with Gasteiger partial charge in [0, 0.05) is 24.7 Å². The van der Waals surface area contributed by atoms with Crippen molar-refractivity contribution in [2.45, 2.75) is 57.7 Å². The number of rotatable bonds is 8. The highest BCUT2D eigenvalue weighted by molar-refractivity contribution is 5.90. The van der Waals surface area contributed by atoms with E-state index in [1.54, 1.807) is 30.3 Å². The first-order valence-corrected chi connectivity index (χ1v) is 9.75. The van der Waals surface area contributed by atoms with Crippen LogP contribution < -0.4 is 0 Å². The van der Waals surface area contributed by atoms with Crippen molar-refractivity contribution in [3.63, 3.8) is 0 Å². The zero-order chi connectivity index (χ0) is 19.2. The molecule has 1 aliphatic heterocycles. The van der Waals surface area contributed by atoms with E-state index >= 15 is 0 Å². The Morgan fingerprint density at radius 2 is 2.00 bits per heavy atom. The van der Waals surface area contributed by atoms with Gasteiger partial charge < -0.3 is 9.47 Å². The molecule has 4 atom stereocenters. The summed E-state index contributed by atoms with van der Waals surface area (Å²) in [6.07, 6.45) is 7.08. The Labute approximate surface area is 159 Å². The molecular weight excluding hydrogens is 344 g/mol. The lowest BCUT2D eigenvalue weighted by molar-refractivity contribution is -0.141. The Morgan fingerprint density at radius 1 is 1.22 bits per heavy atom. The van der Waals surface area contributed by atoms with Crippen molar-refractivity contribution in [2.24, 2.45) is 11.8 Å². The Bertz CT molecular complexity index is 709. The SMILES string of the molecule is CCCCCC(=O)/C=C/[C@H]1[C@@H]2CC(=O)O[C@@H]2C[C@H]1OC(=O)c1ccccc1. The third-order valence-corrected chi connectivity index (χ3v) is 5.35. The topological polar surface area (TPSA) is 69.7 Å². The van der Waals surface area contributed by atoms with Crippen molar-refractivity contribution in [3.05, 3.63) is 48.0 Å². The van der Waals surface area contributed by atoms with Gasteiger partial charge in [0.25, 0.3) is 0 Å². The number of hydrogen-bond donors (Lipinski definition) is 0. The van der Waals surface area contributed by atoms with Crippen LogP contribution in [-0.2, 0) is 19.1 Å². The molecule has 0 radical (unpaired) electrons. The predicted molar refractivity (Wildman–Crippen MR) is 100 cm³/mol. The number of ether oxygens (including phenoxy) is 2. The average Bonchev–Trinajstić information content (AvgIpc) is 3.16. The zero-order valence-electron chi connectivity index (χ0n) is 15.6. The molecule has 0 unspecified atom stereocenters. The predicted octanol–water partition coefficient (Wildman–Crippen LogP) is 3.87. The molecule has 2 aliphatic rings. The summed E-state index contributed by atoms with van der Waals surface area (Å²) in [7, 11) is 0. The molecule has 1 saturated heterocycles. The van der Waals surface area contributed by atoms with Crippen LogP contribution in [0.1, 0.15) is 55.8 Å². The Morgan fingerprint density at radius 3 is 2.74 bits per heavy atom. The lowest BCUT2D eigenvalue weighted by atomic mass is 9.91. The highest BCUT2D eigenvalue weighted by Crippen LogP contribution is 2.43. The highest BCUT2D eigenvalue weighted by atomic mass is 16.6. The van der Waals surface area contributed by atoms with E-state index < -0.39 is 0 Å². The summed E-state index contributed by atoms with van der Waals surface area (Å²) in [6.45, 7) is 2.10. The van der Waals surface area contributed by atoms with Crippen molar-refractivity contribution < 1.29 is 23.9 Å². The Hall–Kier alpha value is -2.43. The van der Waals surface area contributed by atoms with Crippen LogP contribution in [0.25, 0.3) is 0 Å². The maximum absolute atomic E-state index is 12.4. The maximum Gasteiger partial charge on any atom is 0.338 e. The van der Waals surface area contributed by atoms with E-state index in [2.05, 4.69) is 6.92 Å². The van der Waals surface area contributed by atoms with Crippen LogP contribution in [0.2, 0.25) is 0 Å². The minimum Gasteiger partial charge on any atom is -0.462 e. The summed E-state index contributed by atoms with van der Waals surface area (Å²) in [5.41, 5.74) is 0.491. The van der Waals surface area contributed by atoms with Gasteiger partial charge in [-0.2, -0.15) is 0 Å². The highest BCUT2D eigenvalue weighted by Gasteiger charge is 2.50. The number of ketones is 1. The molecule has 1 aromatic carbocycles. The van der Waals surface area contributed by atoms with Crippen LogP contribution in [0.5, 0.6) is 0 Å². The van der Waals surface area contributed by atoms with Crippen molar-refractivity contribution in [3.8, 4) is 0 Å². The molecule has 0 bridgehead atoms. The molecule has 3 rings (SSSR count). The first-order valence-electron chi connectivity index (χ1n) is 9.75. The fourth-order valence-corrected chi connectivity index (χ4v) is 3.92. The normalized spacial score (nSPS) is 26.8. The number of carbonyl (C=O) groups excluding carboxylic acids is 3. The number of carbonyl (C=O) groups is 3. The molecule has 2 fully saturated rings. The van der Waals surface area contributed by atoms with Gasteiger partial charge in [-0.1, -0.05) is 44.0 Å². The van der Waals surface area contributed by atoms with E-state index in [0.29, 0.717) is 24.8 Å². The van der Waals surface area contributed by atoms with Crippen molar-refractivity contribution in [1.82, 2.24) is 0 Å². The van der Waals surface area contributed by atoms with Crippen LogP contribution in [0.3, 0.4) is 0 Å². The number of benzene rings is 1. The standard InChI is InChI=1S/C22H26O5/c1-2-3-5-10-16(23)11-12-17-18-13-21(24)26-20(18)14-19(17)27-22(25)15-8-6-4-7-9-15/h4,6-9,11-12,17-20H,2-3,5,10,13-14H2,1H3/b12-11+/t17-,18-,19+,20+/m0/s1. The molecule has 1 saturated carbocycles. The molecule has 0 spiro atoms. The maximum atomic E-state index is 12.4. The Kier molecular flexibility index (Phi) is 6.43. The van der Waals surface area contributed by atoms with Crippen LogP contribution in [-0.4, -0.2) is 29.9 Å². The van der Waals surface area contributed by atoms with E-state index in [1.165, 1.54) is 0 Å². The number of allylic oxidation sites excluding steroid dienone is 1.